The molecule has 3 rings (SSSR count). The van der Waals surface area contributed by atoms with Gasteiger partial charge in [-0.3, -0.25) is 9.59 Å². The monoisotopic (exact) mass is 346 g/mol. The van der Waals surface area contributed by atoms with E-state index in [9.17, 15) is 9.59 Å². The summed E-state index contributed by atoms with van der Waals surface area (Å²) in [5.41, 5.74) is 0.741. The summed E-state index contributed by atoms with van der Waals surface area (Å²) in [6.45, 7) is 7.15. The summed E-state index contributed by atoms with van der Waals surface area (Å²) in [6.07, 6.45) is 2.95. The average Bonchev–Trinajstić information content (AvgIpc) is 3.40. The van der Waals surface area contributed by atoms with E-state index in [1.807, 2.05) is 34.1 Å². The minimum atomic E-state index is 0.0804. The molecule has 4 nitrogen and oxygen atoms in total. The van der Waals surface area contributed by atoms with Crippen LogP contribution in [-0.2, 0) is 4.79 Å². The Bertz CT molecular complexity index is 596. The first-order valence-corrected chi connectivity index (χ1v) is 9.77. The zero-order valence-corrected chi connectivity index (χ0v) is 15.3. The Morgan fingerprint density at radius 3 is 2.25 bits per heavy atom. The maximum absolute atomic E-state index is 12.7. The van der Waals surface area contributed by atoms with Crippen LogP contribution in [0.2, 0.25) is 0 Å². The Hall–Kier alpha value is -1.49. The maximum atomic E-state index is 12.7. The van der Waals surface area contributed by atoms with Crippen LogP contribution < -0.4 is 0 Å². The Kier molecular flexibility index (Phi) is 5.49. The van der Waals surface area contributed by atoms with Crippen molar-refractivity contribution in [3.8, 4) is 0 Å². The summed E-state index contributed by atoms with van der Waals surface area (Å²) in [6, 6.07) is 7.90. The molecular weight excluding hydrogens is 320 g/mol. The van der Waals surface area contributed by atoms with E-state index < -0.39 is 0 Å². The van der Waals surface area contributed by atoms with E-state index in [1.165, 1.54) is 4.90 Å². The highest BCUT2D eigenvalue weighted by atomic mass is 32.2. The summed E-state index contributed by atoms with van der Waals surface area (Å²) in [5.74, 6) is 0.634. The first-order chi connectivity index (χ1) is 11.5. The number of nitrogens with zero attached hydrogens (tertiary/aromatic N) is 2. The van der Waals surface area contributed by atoms with Crippen molar-refractivity contribution >= 4 is 23.6 Å². The average molecular weight is 346 g/mol. The minimum absolute atomic E-state index is 0.0804. The minimum Gasteiger partial charge on any atom is -0.341 e. The molecule has 0 N–H and O–H groups in total. The SMILES string of the molecule is CC(C)Sc1ccc(C(=O)N2CCCN(C(=O)C3CC3)CC2)cc1. The Labute approximate surface area is 148 Å². The molecule has 1 saturated heterocycles. The molecule has 0 spiro atoms. The fraction of sp³-hybridized carbons (Fsp3) is 0.579. The molecule has 1 aliphatic carbocycles. The highest BCUT2D eigenvalue weighted by molar-refractivity contribution is 7.99. The molecular formula is C19H26N2O2S. The molecule has 24 heavy (non-hydrogen) atoms. The maximum Gasteiger partial charge on any atom is 0.253 e. The molecule has 2 aliphatic rings. The molecule has 0 unspecified atom stereocenters. The van der Waals surface area contributed by atoms with E-state index in [-0.39, 0.29) is 11.8 Å². The van der Waals surface area contributed by atoms with Gasteiger partial charge >= 0.3 is 0 Å². The summed E-state index contributed by atoms with van der Waals surface area (Å²) in [4.78, 5) is 30.0. The van der Waals surface area contributed by atoms with Gasteiger partial charge in [-0.2, -0.15) is 0 Å². The van der Waals surface area contributed by atoms with Crippen molar-refractivity contribution in [2.24, 2.45) is 5.92 Å². The molecule has 0 radical (unpaired) electrons. The van der Waals surface area contributed by atoms with Crippen LogP contribution in [-0.4, -0.2) is 53.0 Å². The predicted octanol–water partition coefficient (Wildman–Crippen LogP) is 3.27. The predicted molar refractivity (Wildman–Crippen MR) is 97.3 cm³/mol. The number of carbonyl (C=O) groups is 2. The van der Waals surface area contributed by atoms with Crippen molar-refractivity contribution in [1.29, 1.82) is 0 Å². The second-order valence-electron chi connectivity index (χ2n) is 6.94. The molecule has 1 heterocycles. The second-order valence-corrected chi connectivity index (χ2v) is 8.59. The van der Waals surface area contributed by atoms with Gasteiger partial charge in [0, 0.05) is 47.8 Å². The quantitative estimate of drug-likeness (QED) is 0.786. The van der Waals surface area contributed by atoms with Crippen LogP contribution in [0.5, 0.6) is 0 Å². The van der Waals surface area contributed by atoms with Crippen LogP contribution in [0.15, 0.2) is 29.2 Å². The van der Waals surface area contributed by atoms with Gasteiger partial charge in [0.25, 0.3) is 5.91 Å². The van der Waals surface area contributed by atoms with E-state index in [4.69, 9.17) is 0 Å². The highest BCUT2D eigenvalue weighted by Gasteiger charge is 2.34. The Morgan fingerprint density at radius 1 is 1.00 bits per heavy atom. The summed E-state index contributed by atoms with van der Waals surface area (Å²) >= 11 is 1.80. The van der Waals surface area contributed by atoms with Crippen LogP contribution in [0, 0.1) is 5.92 Å². The van der Waals surface area contributed by atoms with Gasteiger partial charge in [0.2, 0.25) is 5.91 Å². The fourth-order valence-corrected chi connectivity index (χ4v) is 3.90. The zero-order valence-electron chi connectivity index (χ0n) is 14.5. The summed E-state index contributed by atoms with van der Waals surface area (Å²) < 4.78 is 0. The molecule has 1 saturated carbocycles. The fourth-order valence-electron chi connectivity index (χ4n) is 3.06. The molecule has 1 aromatic carbocycles. The van der Waals surface area contributed by atoms with Crippen LogP contribution in [0.3, 0.4) is 0 Å². The van der Waals surface area contributed by atoms with Crippen LogP contribution >= 0.6 is 11.8 Å². The molecule has 1 aromatic rings. The third kappa shape index (κ3) is 4.32. The number of rotatable bonds is 4. The number of amides is 2. The van der Waals surface area contributed by atoms with E-state index in [1.54, 1.807) is 11.8 Å². The summed E-state index contributed by atoms with van der Waals surface area (Å²) in [5, 5.41) is 0.534. The molecule has 5 heteroatoms. The van der Waals surface area contributed by atoms with Crippen molar-refractivity contribution in [1.82, 2.24) is 9.80 Å². The van der Waals surface area contributed by atoms with E-state index in [0.717, 1.165) is 37.9 Å². The first kappa shape index (κ1) is 17.3. The van der Waals surface area contributed by atoms with Crippen LogP contribution in [0.4, 0.5) is 0 Å². The van der Waals surface area contributed by atoms with Crippen molar-refractivity contribution < 1.29 is 9.59 Å². The second kappa shape index (κ2) is 7.60. The molecule has 2 amide bonds. The standard InChI is InChI=1S/C19H26N2O2S/c1-14(2)24-17-8-6-16(7-9-17)19(23)21-11-3-10-20(12-13-21)18(22)15-4-5-15/h6-9,14-15H,3-5,10-13H2,1-2H3. The molecule has 0 atom stereocenters. The van der Waals surface area contributed by atoms with Gasteiger partial charge in [0.1, 0.15) is 0 Å². The third-order valence-electron chi connectivity index (χ3n) is 4.49. The number of hydrogen-bond donors (Lipinski definition) is 0. The normalized spacial score (nSPS) is 18.6. The van der Waals surface area contributed by atoms with Crippen molar-refractivity contribution in [2.45, 2.75) is 43.3 Å². The molecule has 1 aliphatic heterocycles. The van der Waals surface area contributed by atoms with Gasteiger partial charge in [0.05, 0.1) is 0 Å². The molecule has 0 aromatic heterocycles. The number of hydrogen-bond acceptors (Lipinski definition) is 3. The van der Waals surface area contributed by atoms with Gasteiger partial charge in [-0.1, -0.05) is 13.8 Å². The van der Waals surface area contributed by atoms with E-state index in [2.05, 4.69) is 13.8 Å². The lowest BCUT2D eigenvalue weighted by Gasteiger charge is -2.22. The van der Waals surface area contributed by atoms with Crippen LogP contribution in [0.25, 0.3) is 0 Å². The topological polar surface area (TPSA) is 40.6 Å². The molecule has 0 bridgehead atoms. The van der Waals surface area contributed by atoms with Crippen molar-refractivity contribution in [3.05, 3.63) is 29.8 Å². The first-order valence-electron chi connectivity index (χ1n) is 8.89. The zero-order chi connectivity index (χ0) is 17.1. The van der Waals surface area contributed by atoms with E-state index >= 15 is 0 Å². The lowest BCUT2D eigenvalue weighted by Crippen LogP contribution is -2.37. The molecule has 130 valence electrons. The highest BCUT2D eigenvalue weighted by Crippen LogP contribution is 2.31. The van der Waals surface area contributed by atoms with Gasteiger partial charge in [-0.25, -0.2) is 0 Å². The Morgan fingerprint density at radius 2 is 1.62 bits per heavy atom. The largest absolute Gasteiger partial charge is 0.341 e. The Balaban J connectivity index is 1.59. The van der Waals surface area contributed by atoms with Crippen LogP contribution in [0.1, 0.15) is 43.5 Å². The number of carbonyl (C=O) groups excluding carboxylic acids is 2. The van der Waals surface area contributed by atoms with Gasteiger partial charge < -0.3 is 9.80 Å². The number of thioether (sulfide) groups is 1. The lowest BCUT2D eigenvalue weighted by atomic mass is 10.2. The van der Waals surface area contributed by atoms with Crippen molar-refractivity contribution in [2.75, 3.05) is 26.2 Å². The molecule has 2 fully saturated rings. The smallest absolute Gasteiger partial charge is 0.253 e. The number of benzene rings is 1. The summed E-state index contributed by atoms with van der Waals surface area (Å²) in [7, 11) is 0. The van der Waals surface area contributed by atoms with E-state index in [0.29, 0.717) is 24.2 Å². The van der Waals surface area contributed by atoms with Crippen molar-refractivity contribution in [3.63, 3.8) is 0 Å². The van der Waals surface area contributed by atoms with Gasteiger partial charge in [-0.15, -0.1) is 11.8 Å². The van der Waals surface area contributed by atoms with Gasteiger partial charge in [0.15, 0.2) is 0 Å². The third-order valence-corrected chi connectivity index (χ3v) is 5.51. The van der Waals surface area contributed by atoms with Gasteiger partial charge in [-0.05, 0) is 43.5 Å². The lowest BCUT2D eigenvalue weighted by molar-refractivity contribution is -0.132.